The second-order valence-corrected chi connectivity index (χ2v) is 6.56. The molecule has 1 fully saturated rings. The fourth-order valence-corrected chi connectivity index (χ4v) is 2.40. The molecule has 0 unspecified atom stereocenters. The van der Waals surface area contributed by atoms with Crippen LogP contribution in [-0.2, 0) is 6.54 Å². The molecule has 2 nitrogen and oxygen atoms in total. The van der Waals surface area contributed by atoms with E-state index in [4.69, 9.17) is 4.74 Å². The number of rotatable bonds is 5. The normalized spacial score (nSPS) is 14.3. The molecule has 2 aromatic carbocycles. The monoisotopic (exact) mass is 379 g/mol. The lowest BCUT2D eigenvalue weighted by Crippen LogP contribution is -2.15. The summed E-state index contributed by atoms with van der Waals surface area (Å²) in [6.07, 6.45) is 2.63. The number of nitrogens with one attached hydrogen (secondary N) is 1. The van der Waals surface area contributed by atoms with Gasteiger partial charge in [0, 0.05) is 16.2 Å². The van der Waals surface area contributed by atoms with Gasteiger partial charge in [0.2, 0.25) is 0 Å². The summed E-state index contributed by atoms with van der Waals surface area (Å²) in [6.45, 7) is 3.01. The van der Waals surface area contributed by atoms with Crippen LogP contribution in [0.4, 0.5) is 0 Å². The van der Waals surface area contributed by atoms with E-state index in [0.29, 0.717) is 0 Å². The van der Waals surface area contributed by atoms with E-state index in [9.17, 15) is 0 Å². The third-order valence-electron chi connectivity index (χ3n) is 3.47. The van der Waals surface area contributed by atoms with Crippen molar-refractivity contribution < 1.29 is 4.74 Å². The van der Waals surface area contributed by atoms with Crippen molar-refractivity contribution in [2.75, 3.05) is 0 Å². The Morgan fingerprint density at radius 2 is 1.90 bits per heavy atom. The molecule has 0 atom stereocenters. The highest BCUT2D eigenvalue weighted by molar-refractivity contribution is 14.1. The molecule has 104 valence electrons. The summed E-state index contributed by atoms with van der Waals surface area (Å²) in [7, 11) is 0. The van der Waals surface area contributed by atoms with E-state index in [-0.39, 0.29) is 0 Å². The van der Waals surface area contributed by atoms with E-state index in [1.807, 2.05) is 12.1 Å². The molecule has 0 radical (unpaired) electrons. The summed E-state index contributed by atoms with van der Waals surface area (Å²) in [4.78, 5) is 0. The summed E-state index contributed by atoms with van der Waals surface area (Å²) >= 11 is 2.30. The Morgan fingerprint density at radius 1 is 1.15 bits per heavy atom. The average molecular weight is 379 g/mol. The maximum Gasteiger partial charge on any atom is 0.130 e. The summed E-state index contributed by atoms with van der Waals surface area (Å²) in [5, 5.41) is 3.53. The topological polar surface area (TPSA) is 21.3 Å². The third-order valence-corrected chi connectivity index (χ3v) is 4.19. The number of aryl methyl sites for hydroxylation is 1. The van der Waals surface area contributed by atoms with Crippen LogP contribution in [0.1, 0.15) is 24.0 Å². The Balaban J connectivity index is 1.73. The van der Waals surface area contributed by atoms with E-state index in [2.05, 4.69) is 65.2 Å². The van der Waals surface area contributed by atoms with Crippen LogP contribution >= 0.6 is 22.6 Å². The van der Waals surface area contributed by atoms with Crippen molar-refractivity contribution in [3.05, 3.63) is 57.2 Å². The SMILES string of the molecule is Cc1ccc(CNC2CC2)cc1Oc1ccc(I)cc1. The van der Waals surface area contributed by atoms with Crippen LogP contribution in [0.25, 0.3) is 0 Å². The first kappa shape index (κ1) is 13.9. The van der Waals surface area contributed by atoms with Gasteiger partial charge in [-0.15, -0.1) is 0 Å². The van der Waals surface area contributed by atoms with Crippen LogP contribution in [0.5, 0.6) is 11.5 Å². The molecule has 0 aliphatic heterocycles. The number of ether oxygens (including phenoxy) is 1. The van der Waals surface area contributed by atoms with E-state index in [1.54, 1.807) is 0 Å². The maximum atomic E-state index is 6.00. The van der Waals surface area contributed by atoms with Gasteiger partial charge in [0.15, 0.2) is 0 Å². The summed E-state index contributed by atoms with van der Waals surface area (Å²) in [5.41, 5.74) is 2.45. The summed E-state index contributed by atoms with van der Waals surface area (Å²) < 4.78 is 7.21. The minimum Gasteiger partial charge on any atom is -0.457 e. The molecule has 0 spiro atoms. The predicted octanol–water partition coefficient (Wildman–Crippen LogP) is 4.64. The van der Waals surface area contributed by atoms with Crippen LogP contribution in [0, 0.1) is 10.5 Å². The zero-order valence-corrected chi connectivity index (χ0v) is 13.7. The number of halogens is 1. The largest absolute Gasteiger partial charge is 0.457 e. The van der Waals surface area contributed by atoms with Crippen LogP contribution < -0.4 is 10.1 Å². The van der Waals surface area contributed by atoms with E-state index < -0.39 is 0 Å². The second-order valence-electron chi connectivity index (χ2n) is 5.31. The van der Waals surface area contributed by atoms with Crippen LogP contribution in [0.3, 0.4) is 0 Å². The highest BCUT2D eigenvalue weighted by atomic mass is 127. The Labute approximate surface area is 133 Å². The lowest BCUT2D eigenvalue weighted by atomic mass is 10.1. The molecule has 0 amide bonds. The molecule has 3 heteroatoms. The lowest BCUT2D eigenvalue weighted by molar-refractivity contribution is 0.477. The van der Waals surface area contributed by atoms with E-state index in [0.717, 1.165) is 24.1 Å². The average Bonchev–Trinajstić information content (AvgIpc) is 3.26. The summed E-state index contributed by atoms with van der Waals surface area (Å²) in [6, 6.07) is 15.3. The van der Waals surface area contributed by atoms with E-state index in [1.165, 1.54) is 27.5 Å². The minimum absolute atomic E-state index is 0.733. The highest BCUT2D eigenvalue weighted by Crippen LogP contribution is 2.27. The van der Waals surface area contributed by atoms with Crippen molar-refractivity contribution >= 4 is 22.6 Å². The fourth-order valence-electron chi connectivity index (χ4n) is 2.04. The third kappa shape index (κ3) is 3.73. The van der Waals surface area contributed by atoms with Crippen molar-refractivity contribution in [2.24, 2.45) is 0 Å². The van der Waals surface area contributed by atoms with Gasteiger partial charge in [-0.2, -0.15) is 0 Å². The van der Waals surface area contributed by atoms with Gasteiger partial charge in [0.25, 0.3) is 0 Å². The van der Waals surface area contributed by atoms with Gasteiger partial charge in [0.1, 0.15) is 11.5 Å². The molecule has 1 aliphatic rings. The van der Waals surface area contributed by atoms with Crippen LogP contribution in [0.15, 0.2) is 42.5 Å². The van der Waals surface area contributed by atoms with Crippen LogP contribution in [0.2, 0.25) is 0 Å². The lowest BCUT2D eigenvalue weighted by Gasteiger charge is -2.11. The first-order valence-electron chi connectivity index (χ1n) is 6.97. The van der Waals surface area contributed by atoms with Gasteiger partial charge in [-0.3, -0.25) is 0 Å². The number of hydrogen-bond acceptors (Lipinski definition) is 2. The van der Waals surface area contributed by atoms with Crippen molar-refractivity contribution in [2.45, 2.75) is 32.4 Å². The van der Waals surface area contributed by atoms with Crippen molar-refractivity contribution in [3.8, 4) is 11.5 Å². The highest BCUT2D eigenvalue weighted by Gasteiger charge is 2.20. The standard InChI is InChI=1S/C17H18INO/c1-12-2-3-13(11-19-15-6-7-15)10-17(12)20-16-8-4-14(18)5-9-16/h2-5,8-10,15,19H,6-7,11H2,1H3. The summed E-state index contributed by atoms with van der Waals surface area (Å²) in [5.74, 6) is 1.84. The molecule has 2 aromatic rings. The Bertz CT molecular complexity index is 590. The Morgan fingerprint density at radius 3 is 2.60 bits per heavy atom. The van der Waals surface area contributed by atoms with Crippen molar-refractivity contribution in [3.63, 3.8) is 0 Å². The molecule has 0 heterocycles. The smallest absolute Gasteiger partial charge is 0.130 e. The first-order valence-corrected chi connectivity index (χ1v) is 8.05. The number of benzene rings is 2. The van der Waals surface area contributed by atoms with Gasteiger partial charge >= 0.3 is 0 Å². The van der Waals surface area contributed by atoms with Gasteiger partial charge in [0.05, 0.1) is 0 Å². The fraction of sp³-hybridized carbons (Fsp3) is 0.294. The number of hydrogen-bond donors (Lipinski definition) is 1. The molecule has 1 aliphatic carbocycles. The molecular formula is C17H18INO. The zero-order valence-electron chi connectivity index (χ0n) is 11.5. The minimum atomic E-state index is 0.733. The van der Waals surface area contributed by atoms with Gasteiger partial charge < -0.3 is 10.1 Å². The van der Waals surface area contributed by atoms with Crippen molar-refractivity contribution in [1.29, 1.82) is 0 Å². The molecular weight excluding hydrogens is 361 g/mol. The van der Waals surface area contributed by atoms with Gasteiger partial charge in [-0.05, 0) is 83.8 Å². The molecule has 1 N–H and O–H groups in total. The predicted molar refractivity (Wildman–Crippen MR) is 90.3 cm³/mol. The first-order chi connectivity index (χ1) is 9.70. The van der Waals surface area contributed by atoms with Gasteiger partial charge in [-0.1, -0.05) is 12.1 Å². The zero-order chi connectivity index (χ0) is 13.9. The van der Waals surface area contributed by atoms with Crippen LogP contribution in [-0.4, -0.2) is 6.04 Å². The van der Waals surface area contributed by atoms with E-state index >= 15 is 0 Å². The molecule has 3 rings (SSSR count). The molecule has 0 aromatic heterocycles. The molecule has 20 heavy (non-hydrogen) atoms. The second kappa shape index (κ2) is 6.14. The molecule has 0 bridgehead atoms. The maximum absolute atomic E-state index is 6.00. The van der Waals surface area contributed by atoms with Crippen molar-refractivity contribution in [1.82, 2.24) is 5.32 Å². The Hall–Kier alpha value is -1.07. The Kier molecular flexibility index (Phi) is 4.27. The quantitative estimate of drug-likeness (QED) is 0.764. The molecule has 0 saturated heterocycles. The molecule has 1 saturated carbocycles. The van der Waals surface area contributed by atoms with Gasteiger partial charge in [-0.25, -0.2) is 0 Å².